The lowest BCUT2D eigenvalue weighted by Crippen LogP contribution is -2.46. The van der Waals surface area contributed by atoms with Gasteiger partial charge in [0.1, 0.15) is 12.1 Å². The van der Waals surface area contributed by atoms with E-state index in [4.69, 9.17) is 0 Å². The van der Waals surface area contributed by atoms with Crippen LogP contribution in [0.3, 0.4) is 0 Å². The van der Waals surface area contributed by atoms with Crippen LogP contribution >= 0.6 is 0 Å². The van der Waals surface area contributed by atoms with Crippen LogP contribution in [0.25, 0.3) is 22.5 Å². The Bertz CT molecular complexity index is 2010. The average molecular weight is 709 g/mol. The highest BCUT2D eigenvalue weighted by Crippen LogP contribution is 2.31. The zero-order valence-corrected chi connectivity index (χ0v) is 28.7. The van der Waals surface area contributed by atoms with Gasteiger partial charge < -0.3 is 25.4 Å². The molecular weight excluding hydrogens is 672 g/mol. The van der Waals surface area contributed by atoms with Gasteiger partial charge >= 0.3 is 0 Å². The van der Waals surface area contributed by atoms with Gasteiger partial charge in [-0.05, 0) is 49.9 Å². The first-order chi connectivity index (χ1) is 25.8. The van der Waals surface area contributed by atoms with Gasteiger partial charge in [-0.1, -0.05) is 84.9 Å². The standard InChI is InChI=1S/C41H36N6O6/c48-36(28-9-3-1-4-10-28)40(52)46-23-7-13-32(46)38(50)44-30-19-15-26(16-20-30)34-35(43-25-42-34)27-17-21-31(22-18-27)45-39(51)33-14-8-24-47(33)41(53)37(49)29-11-5-2-6-12-29/h1-6,9-12,15-22,25,32-33H,7-8,13-14,23-24H2,(H,42,43)(H,44,50)(H,45,51)/t32-,33-/m0/s1. The van der Waals surface area contributed by atoms with E-state index in [1.54, 1.807) is 91.3 Å². The first-order valence-electron chi connectivity index (χ1n) is 17.4. The van der Waals surface area contributed by atoms with Gasteiger partial charge in [0.15, 0.2) is 0 Å². The lowest BCUT2D eigenvalue weighted by atomic mass is 10.0. The number of rotatable bonds is 10. The van der Waals surface area contributed by atoms with Crippen LogP contribution in [0.4, 0.5) is 11.4 Å². The summed E-state index contributed by atoms with van der Waals surface area (Å²) in [6.07, 6.45) is 3.76. The minimum Gasteiger partial charge on any atom is -0.344 e. The Balaban J connectivity index is 0.971. The molecule has 4 aromatic carbocycles. The van der Waals surface area contributed by atoms with E-state index < -0.39 is 35.5 Å². The highest BCUT2D eigenvalue weighted by Gasteiger charge is 2.38. The van der Waals surface area contributed by atoms with Crippen LogP contribution in [0.5, 0.6) is 0 Å². The third kappa shape index (κ3) is 7.38. The fraction of sp³-hybridized carbons (Fsp3) is 0.195. The molecule has 2 atom stereocenters. The minimum atomic E-state index is -0.746. The molecule has 53 heavy (non-hydrogen) atoms. The third-order valence-corrected chi connectivity index (χ3v) is 9.60. The van der Waals surface area contributed by atoms with E-state index in [0.29, 0.717) is 67.0 Å². The van der Waals surface area contributed by atoms with Crippen molar-refractivity contribution in [2.24, 2.45) is 0 Å². The zero-order valence-electron chi connectivity index (χ0n) is 28.7. The van der Waals surface area contributed by atoms with Gasteiger partial charge in [0, 0.05) is 46.7 Å². The van der Waals surface area contributed by atoms with Gasteiger partial charge in [0.05, 0.1) is 17.7 Å². The Morgan fingerprint density at radius 2 is 1.00 bits per heavy atom. The SMILES string of the molecule is O=C(C(=O)N1CCC[C@H]1C(=O)Nc1ccc(-c2nc[nH]c2-c2ccc(NC(=O)[C@@H]3CCCN3C(=O)C(=O)c3ccccc3)cc2)cc1)c1ccccc1. The molecule has 2 fully saturated rings. The van der Waals surface area contributed by atoms with Crippen LogP contribution in [0.15, 0.2) is 116 Å². The van der Waals surface area contributed by atoms with E-state index in [1.807, 2.05) is 24.3 Å². The van der Waals surface area contributed by atoms with E-state index >= 15 is 0 Å². The third-order valence-electron chi connectivity index (χ3n) is 9.60. The number of ketones is 2. The van der Waals surface area contributed by atoms with E-state index in [9.17, 15) is 28.8 Å². The number of benzene rings is 4. The second-order valence-corrected chi connectivity index (χ2v) is 13.0. The van der Waals surface area contributed by atoms with Crippen molar-refractivity contribution in [3.8, 4) is 22.5 Å². The number of H-pyrrole nitrogens is 1. The molecule has 1 aromatic heterocycles. The summed E-state index contributed by atoms with van der Waals surface area (Å²) in [5.74, 6) is -3.35. The van der Waals surface area contributed by atoms with E-state index in [1.165, 1.54) is 9.80 Å². The van der Waals surface area contributed by atoms with E-state index in [0.717, 1.165) is 16.8 Å². The fourth-order valence-corrected chi connectivity index (χ4v) is 6.87. The lowest BCUT2D eigenvalue weighted by molar-refractivity contribution is -0.132. The van der Waals surface area contributed by atoms with Crippen molar-refractivity contribution in [3.05, 3.63) is 127 Å². The number of nitrogens with one attached hydrogen (secondary N) is 3. The molecule has 5 aromatic rings. The number of anilines is 2. The first-order valence-corrected chi connectivity index (χ1v) is 17.4. The van der Waals surface area contributed by atoms with Crippen LogP contribution < -0.4 is 10.6 Å². The van der Waals surface area contributed by atoms with Gasteiger partial charge in [0.2, 0.25) is 23.4 Å². The summed E-state index contributed by atoms with van der Waals surface area (Å²) in [4.78, 5) is 88.4. The summed E-state index contributed by atoms with van der Waals surface area (Å²) in [5.41, 5.74) is 4.69. The first kappa shape index (κ1) is 34.7. The predicted molar refractivity (Wildman–Crippen MR) is 198 cm³/mol. The van der Waals surface area contributed by atoms with Crippen molar-refractivity contribution in [1.82, 2.24) is 19.8 Å². The number of aromatic nitrogens is 2. The van der Waals surface area contributed by atoms with E-state index in [-0.39, 0.29) is 11.8 Å². The Morgan fingerprint density at radius 3 is 1.45 bits per heavy atom. The fourth-order valence-electron chi connectivity index (χ4n) is 6.87. The number of hydrogen-bond donors (Lipinski definition) is 3. The molecule has 3 heterocycles. The molecule has 4 amide bonds. The van der Waals surface area contributed by atoms with Crippen molar-refractivity contribution >= 4 is 46.6 Å². The maximum absolute atomic E-state index is 13.2. The van der Waals surface area contributed by atoms with Crippen LogP contribution in [0.1, 0.15) is 46.4 Å². The molecule has 266 valence electrons. The lowest BCUT2D eigenvalue weighted by Gasteiger charge is -2.23. The van der Waals surface area contributed by atoms with Gasteiger partial charge in [-0.2, -0.15) is 0 Å². The highest BCUT2D eigenvalue weighted by atomic mass is 16.2. The molecule has 0 bridgehead atoms. The molecule has 0 spiro atoms. The number of likely N-dealkylation sites (tertiary alicyclic amines) is 2. The van der Waals surface area contributed by atoms with Gasteiger partial charge in [0.25, 0.3) is 11.8 Å². The van der Waals surface area contributed by atoms with Crippen LogP contribution in [0.2, 0.25) is 0 Å². The molecule has 0 unspecified atom stereocenters. The van der Waals surface area contributed by atoms with Crippen LogP contribution in [0, 0.1) is 0 Å². The maximum Gasteiger partial charge on any atom is 0.295 e. The number of carbonyl (C=O) groups is 6. The molecule has 0 radical (unpaired) electrons. The minimum absolute atomic E-state index is 0.291. The van der Waals surface area contributed by atoms with Gasteiger partial charge in [-0.25, -0.2) is 4.98 Å². The summed E-state index contributed by atoms with van der Waals surface area (Å²) >= 11 is 0. The molecule has 12 heteroatoms. The second-order valence-electron chi connectivity index (χ2n) is 13.0. The Kier molecular flexibility index (Phi) is 10.0. The Hall–Kier alpha value is -6.69. The molecule has 3 N–H and O–H groups in total. The molecule has 2 aliphatic heterocycles. The topological polar surface area (TPSA) is 162 Å². The molecule has 12 nitrogen and oxygen atoms in total. The molecule has 2 saturated heterocycles. The molecule has 0 aliphatic carbocycles. The van der Waals surface area contributed by atoms with Crippen molar-refractivity contribution in [2.45, 2.75) is 37.8 Å². The molecule has 7 rings (SSSR count). The number of amides is 4. The average Bonchev–Trinajstić information content (AvgIpc) is 4.00. The van der Waals surface area contributed by atoms with Gasteiger partial charge in [-0.15, -0.1) is 0 Å². The number of imidazole rings is 1. The number of Topliss-reactive ketones (excluding diaryl/α,β-unsaturated/α-hetero) is 2. The largest absolute Gasteiger partial charge is 0.344 e. The number of carbonyl (C=O) groups excluding carboxylic acids is 6. The molecule has 2 aliphatic rings. The summed E-state index contributed by atoms with van der Waals surface area (Å²) in [6, 6.07) is 29.5. The van der Waals surface area contributed by atoms with Gasteiger partial charge in [-0.3, -0.25) is 28.8 Å². The van der Waals surface area contributed by atoms with Crippen LogP contribution in [-0.2, 0) is 19.2 Å². The number of hydrogen-bond acceptors (Lipinski definition) is 7. The highest BCUT2D eigenvalue weighted by molar-refractivity contribution is 6.43. The normalized spacial score (nSPS) is 16.6. The smallest absolute Gasteiger partial charge is 0.295 e. The van der Waals surface area contributed by atoms with Crippen molar-refractivity contribution < 1.29 is 28.8 Å². The Morgan fingerprint density at radius 1 is 0.566 bits per heavy atom. The monoisotopic (exact) mass is 708 g/mol. The summed E-state index contributed by atoms with van der Waals surface area (Å²) in [6.45, 7) is 0.670. The number of aromatic amines is 1. The van der Waals surface area contributed by atoms with E-state index in [2.05, 4.69) is 20.6 Å². The molecule has 0 saturated carbocycles. The summed E-state index contributed by atoms with van der Waals surface area (Å²) < 4.78 is 0. The van der Waals surface area contributed by atoms with Crippen molar-refractivity contribution in [3.63, 3.8) is 0 Å². The quantitative estimate of drug-likeness (QED) is 0.130. The second kappa shape index (κ2) is 15.3. The molecular formula is C41H36N6O6. The summed E-state index contributed by atoms with van der Waals surface area (Å²) in [5, 5.41) is 5.77. The summed E-state index contributed by atoms with van der Waals surface area (Å²) in [7, 11) is 0. The maximum atomic E-state index is 13.2. The van der Waals surface area contributed by atoms with Crippen LogP contribution in [-0.4, -0.2) is 80.1 Å². The number of nitrogens with zero attached hydrogens (tertiary/aromatic N) is 3. The Labute approximate surface area is 305 Å². The predicted octanol–water partition coefficient (Wildman–Crippen LogP) is 5.37. The zero-order chi connectivity index (χ0) is 36.9. The van der Waals surface area contributed by atoms with Crippen molar-refractivity contribution in [2.75, 3.05) is 23.7 Å². The van der Waals surface area contributed by atoms with Crippen molar-refractivity contribution in [1.29, 1.82) is 0 Å².